The van der Waals surface area contributed by atoms with Gasteiger partial charge >= 0.3 is 0 Å². The van der Waals surface area contributed by atoms with Gasteiger partial charge in [-0.05, 0) is 46.3 Å². The van der Waals surface area contributed by atoms with Gasteiger partial charge < -0.3 is 9.73 Å². The van der Waals surface area contributed by atoms with Crippen LogP contribution in [0.15, 0.2) is 45.5 Å². The summed E-state index contributed by atoms with van der Waals surface area (Å²) in [7, 11) is 0. The molecule has 0 spiro atoms. The molecule has 0 saturated carbocycles. The van der Waals surface area contributed by atoms with Crippen molar-refractivity contribution in [1.82, 2.24) is 16.2 Å². The summed E-state index contributed by atoms with van der Waals surface area (Å²) in [6.07, 6.45) is 0. The van der Waals surface area contributed by atoms with Crippen LogP contribution in [0.5, 0.6) is 0 Å². The molecule has 0 aliphatic heterocycles. The lowest BCUT2D eigenvalue weighted by atomic mass is 10.2. The first-order valence-electron chi connectivity index (χ1n) is 6.34. The number of halogens is 2. The van der Waals surface area contributed by atoms with Crippen LogP contribution < -0.4 is 16.2 Å². The number of hydrogen-bond donors (Lipinski definition) is 3. The molecule has 7 nitrogen and oxygen atoms in total. The molecule has 120 valence electrons. The maximum Gasteiger partial charge on any atom is 0.287 e. The molecule has 2 rings (SSSR count). The highest BCUT2D eigenvalue weighted by Gasteiger charge is 2.12. The Morgan fingerprint density at radius 1 is 1.09 bits per heavy atom. The van der Waals surface area contributed by atoms with E-state index in [1.807, 2.05) is 0 Å². The predicted molar refractivity (Wildman–Crippen MR) is 85.8 cm³/mol. The van der Waals surface area contributed by atoms with Crippen LogP contribution in [0.4, 0.5) is 0 Å². The highest BCUT2D eigenvalue weighted by Crippen LogP contribution is 2.13. The molecule has 0 bridgehead atoms. The van der Waals surface area contributed by atoms with Gasteiger partial charge in [-0.3, -0.25) is 25.2 Å². The minimum absolute atomic E-state index is 0.0626. The monoisotopic (exact) mass is 399 g/mol. The number of carbonyl (C=O) groups is 3. The molecule has 0 atom stereocenters. The fraction of sp³-hybridized carbons (Fsp3) is 0.0714. The highest BCUT2D eigenvalue weighted by molar-refractivity contribution is 9.10. The molecular formula is C14H11BrClN3O4. The van der Waals surface area contributed by atoms with E-state index < -0.39 is 17.7 Å². The van der Waals surface area contributed by atoms with Crippen molar-refractivity contribution in [2.75, 3.05) is 6.54 Å². The molecule has 3 N–H and O–H groups in total. The van der Waals surface area contributed by atoms with Gasteiger partial charge in [-0.15, -0.1) is 0 Å². The van der Waals surface area contributed by atoms with E-state index in [-0.39, 0.29) is 12.3 Å². The summed E-state index contributed by atoms with van der Waals surface area (Å²) < 4.78 is 5.44. The molecule has 2 aromatic rings. The predicted octanol–water partition coefficient (Wildman–Crippen LogP) is 1.89. The molecule has 9 heteroatoms. The molecule has 1 aromatic heterocycles. The van der Waals surface area contributed by atoms with Crippen LogP contribution in [0.25, 0.3) is 0 Å². The van der Waals surface area contributed by atoms with Crippen LogP contribution in [-0.4, -0.2) is 24.3 Å². The SMILES string of the molecule is O=C(CNC(=O)c1ccc(Br)o1)NNC(=O)c1cccc(Cl)c1. The zero-order valence-corrected chi connectivity index (χ0v) is 13.9. The first kappa shape index (κ1) is 17.0. The van der Waals surface area contributed by atoms with Crippen LogP contribution in [0, 0.1) is 0 Å². The van der Waals surface area contributed by atoms with E-state index >= 15 is 0 Å². The van der Waals surface area contributed by atoms with E-state index in [0.717, 1.165) is 0 Å². The number of hydrazine groups is 1. The Hall–Kier alpha value is -2.32. The summed E-state index contributed by atoms with van der Waals surface area (Å²) in [5, 5.41) is 2.75. The molecule has 3 amide bonds. The normalized spacial score (nSPS) is 10.0. The van der Waals surface area contributed by atoms with Gasteiger partial charge in [-0.2, -0.15) is 0 Å². The third kappa shape index (κ3) is 5.11. The van der Waals surface area contributed by atoms with Crippen LogP contribution in [0.3, 0.4) is 0 Å². The average Bonchev–Trinajstić information content (AvgIpc) is 2.96. The minimum Gasteiger partial charge on any atom is -0.444 e. The first-order valence-corrected chi connectivity index (χ1v) is 7.51. The number of nitrogens with one attached hydrogen (secondary N) is 3. The zero-order valence-electron chi connectivity index (χ0n) is 11.6. The highest BCUT2D eigenvalue weighted by atomic mass is 79.9. The molecular weight excluding hydrogens is 390 g/mol. The number of furan rings is 1. The maximum atomic E-state index is 11.8. The van der Waals surface area contributed by atoms with E-state index in [1.54, 1.807) is 24.3 Å². The van der Waals surface area contributed by atoms with E-state index in [2.05, 4.69) is 32.1 Å². The van der Waals surface area contributed by atoms with Crippen LogP contribution in [0.1, 0.15) is 20.9 Å². The Morgan fingerprint density at radius 2 is 1.87 bits per heavy atom. The van der Waals surface area contributed by atoms with Gasteiger partial charge in [-0.25, -0.2) is 0 Å². The van der Waals surface area contributed by atoms with Crippen molar-refractivity contribution in [2.45, 2.75) is 0 Å². The van der Waals surface area contributed by atoms with E-state index in [9.17, 15) is 14.4 Å². The van der Waals surface area contributed by atoms with E-state index in [0.29, 0.717) is 15.3 Å². The second kappa shape index (κ2) is 7.80. The van der Waals surface area contributed by atoms with Crippen molar-refractivity contribution in [3.05, 3.63) is 57.4 Å². The largest absolute Gasteiger partial charge is 0.444 e. The lowest BCUT2D eigenvalue weighted by molar-refractivity contribution is -0.120. The summed E-state index contributed by atoms with van der Waals surface area (Å²) in [5.74, 6) is -1.61. The van der Waals surface area contributed by atoms with Crippen LogP contribution in [0.2, 0.25) is 5.02 Å². The fourth-order valence-electron chi connectivity index (χ4n) is 1.56. The lowest BCUT2D eigenvalue weighted by Crippen LogP contribution is -2.46. The van der Waals surface area contributed by atoms with Gasteiger partial charge in [0.05, 0.1) is 6.54 Å². The Balaban J connectivity index is 1.77. The van der Waals surface area contributed by atoms with Crippen molar-refractivity contribution in [1.29, 1.82) is 0 Å². The van der Waals surface area contributed by atoms with Gasteiger partial charge in [0.25, 0.3) is 17.7 Å². The quantitative estimate of drug-likeness (QED) is 0.682. The molecule has 1 aromatic carbocycles. The van der Waals surface area contributed by atoms with E-state index in [4.69, 9.17) is 16.0 Å². The minimum atomic E-state index is -0.598. The third-order valence-corrected chi connectivity index (χ3v) is 3.27. The number of hydrogen-bond acceptors (Lipinski definition) is 4. The second-order valence-corrected chi connectivity index (χ2v) is 5.52. The number of benzene rings is 1. The van der Waals surface area contributed by atoms with Gasteiger partial charge in [0.1, 0.15) is 0 Å². The molecule has 0 saturated heterocycles. The molecule has 0 radical (unpaired) electrons. The Bertz CT molecular complexity index is 747. The summed E-state index contributed by atoms with van der Waals surface area (Å²) in [6.45, 7) is -0.326. The van der Waals surface area contributed by atoms with Crippen LogP contribution in [-0.2, 0) is 4.79 Å². The molecule has 23 heavy (non-hydrogen) atoms. The maximum absolute atomic E-state index is 11.8. The summed E-state index contributed by atoms with van der Waals surface area (Å²) in [5.41, 5.74) is 4.68. The molecule has 0 aliphatic rings. The Kier molecular flexibility index (Phi) is 5.78. The number of carbonyl (C=O) groups excluding carboxylic acids is 3. The van der Waals surface area contributed by atoms with Crippen molar-refractivity contribution in [2.24, 2.45) is 0 Å². The molecule has 0 unspecified atom stereocenters. The summed E-state index contributed by atoms with van der Waals surface area (Å²) in [4.78, 5) is 35.0. The number of rotatable bonds is 4. The Labute approximate surface area is 144 Å². The zero-order chi connectivity index (χ0) is 16.8. The van der Waals surface area contributed by atoms with Gasteiger partial charge in [0.15, 0.2) is 10.4 Å². The molecule has 0 fully saturated rings. The standard InChI is InChI=1S/C14H11BrClN3O4/c15-11-5-4-10(23-11)14(22)17-7-12(20)18-19-13(21)8-2-1-3-9(16)6-8/h1-6H,7H2,(H,17,22)(H,18,20)(H,19,21). The van der Waals surface area contributed by atoms with E-state index in [1.165, 1.54) is 12.1 Å². The van der Waals surface area contributed by atoms with Crippen molar-refractivity contribution < 1.29 is 18.8 Å². The fourth-order valence-corrected chi connectivity index (χ4v) is 2.05. The average molecular weight is 401 g/mol. The smallest absolute Gasteiger partial charge is 0.287 e. The molecule has 0 aliphatic carbocycles. The third-order valence-electron chi connectivity index (χ3n) is 2.61. The van der Waals surface area contributed by atoms with Gasteiger partial charge in [0.2, 0.25) is 0 Å². The van der Waals surface area contributed by atoms with Gasteiger partial charge in [-0.1, -0.05) is 17.7 Å². The second-order valence-electron chi connectivity index (χ2n) is 4.30. The number of amides is 3. The van der Waals surface area contributed by atoms with Crippen molar-refractivity contribution in [3.63, 3.8) is 0 Å². The summed E-state index contributed by atoms with van der Waals surface area (Å²) >= 11 is 8.83. The molecule has 1 heterocycles. The van der Waals surface area contributed by atoms with Gasteiger partial charge in [0, 0.05) is 10.6 Å². The van der Waals surface area contributed by atoms with Crippen molar-refractivity contribution >= 4 is 45.3 Å². The topological polar surface area (TPSA) is 100 Å². The lowest BCUT2D eigenvalue weighted by Gasteiger charge is -2.08. The Morgan fingerprint density at radius 3 is 2.52 bits per heavy atom. The summed E-state index contributed by atoms with van der Waals surface area (Å²) in [6, 6.07) is 9.25. The van der Waals surface area contributed by atoms with Crippen LogP contribution >= 0.6 is 27.5 Å². The van der Waals surface area contributed by atoms with Crippen molar-refractivity contribution in [3.8, 4) is 0 Å². The first-order chi connectivity index (χ1) is 11.0.